The number of nitrogens with zero attached hydrogens (tertiary/aromatic N) is 2. The molecule has 0 aromatic heterocycles. The van der Waals surface area contributed by atoms with Gasteiger partial charge in [0.15, 0.2) is 0 Å². The summed E-state index contributed by atoms with van der Waals surface area (Å²) in [4.78, 5) is 27.2. The third-order valence-corrected chi connectivity index (χ3v) is 5.24. The van der Waals surface area contributed by atoms with Gasteiger partial charge in [-0.2, -0.15) is 0 Å². The molecule has 0 radical (unpaired) electrons. The van der Waals surface area contributed by atoms with Gasteiger partial charge in [0.05, 0.1) is 5.69 Å². The molecule has 2 amide bonds. The largest absolute Gasteiger partial charge is 0.332 e. The van der Waals surface area contributed by atoms with Crippen molar-refractivity contribution >= 4 is 40.2 Å². The Labute approximate surface area is 137 Å². The molecule has 0 unspecified atom stereocenters. The number of carbonyl (C=O) groups is 2. The van der Waals surface area contributed by atoms with Gasteiger partial charge in [0, 0.05) is 36.8 Å². The third-order valence-electron chi connectivity index (χ3n) is 4.00. The van der Waals surface area contributed by atoms with Gasteiger partial charge in [0.1, 0.15) is 5.82 Å². The molecule has 2 aliphatic heterocycles. The maximum absolute atomic E-state index is 14.1. The van der Waals surface area contributed by atoms with Crippen LogP contribution < -0.4 is 4.90 Å². The van der Waals surface area contributed by atoms with E-state index in [1.807, 2.05) is 0 Å². The topological polar surface area (TPSA) is 40.6 Å². The normalized spacial score (nSPS) is 17.8. The molecule has 0 atom stereocenters. The molecule has 0 aliphatic carbocycles. The SMILES string of the molecule is O=C1SCCN1CCC(=O)N1CCCc2c(Cl)ccc(F)c21. The number of halogens is 2. The first-order chi connectivity index (χ1) is 10.6. The van der Waals surface area contributed by atoms with Crippen LogP contribution in [-0.4, -0.2) is 41.4 Å². The Kier molecular flexibility index (Phi) is 4.59. The fraction of sp³-hybridized carbons (Fsp3) is 0.467. The fourth-order valence-electron chi connectivity index (χ4n) is 2.88. The minimum absolute atomic E-state index is 0.0149. The molecule has 0 bridgehead atoms. The first-order valence-electron chi connectivity index (χ1n) is 7.27. The van der Waals surface area contributed by atoms with E-state index in [0.29, 0.717) is 42.3 Å². The van der Waals surface area contributed by atoms with Crippen LogP contribution >= 0.6 is 23.4 Å². The summed E-state index contributed by atoms with van der Waals surface area (Å²) in [6.45, 7) is 1.55. The summed E-state index contributed by atoms with van der Waals surface area (Å²) in [6.07, 6.45) is 1.65. The second kappa shape index (κ2) is 6.46. The highest BCUT2D eigenvalue weighted by Crippen LogP contribution is 2.35. The van der Waals surface area contributed by atoms with Crippen LogP contribution in [0.25, 0.3) is 0 Å². The molecule has 2 heterocycles. The van der Waals surface area contributed by atoms with Crippen molar-refractivity contribution in [2.24, 2.45) is 0 Å². The first-order valence-corrected chi connectivity index (χ1v) is 8.63. The Morgan fingerprint density at radius 2 is 2.18 bits per heavy atom. The Morgan fingerprint density at radius 1 is 1.36 bits per heavy atom. The van der Waals surface area contributed by atoms with Crippen LogP contribution in [0.2, 0.25) is 5.02 Å². The van der Waals surface area contributed by atoms with Crippen LogP contribution in [0.3, 0.4) is 0 Å². The van der Waals surface area contributed by atoms with E-state index in [1.165, 1.54) is 28.8 Å². The number of fused-ring (bicyclic) bond motifs is 1. The molecule has 2 aliphatic rings. The number of hydrogen-bond acceptors (Lipinski definition) is 3. The van der Waals surface area contributed by atoms with Crippen molar-refractivity contribution < 1.29 is 14.0 Å². The minimum atomic E-state index is -0.416. The Bertz CT molecular complexity index is 626. The molecule has 0 N–H and O–H groups in total. The second-order valence-corrected chi connectivity index (χ2v) is 6.81. The lowest BCUT2D eigenvalue weighted by atomic mass is 10.0. The number of carbonyl (C=O) groups excluding carboxylic acids is 2. The maximum Gasteiger partial charge on any atom is 0.281 e. The van der Waals surface area contributed by atoms with Gasteiger partial charge in [-0.05, 0) is 30.5 Å². The lowest BCUT2D eigenvalue weighted by Gasteiger charge is -2.31. The summed E-state index contributed by atoms with van der Waals surface area (Å²) in [5, 5.41) is 0.515. The van der Waals surface area contributed by atoms with Crippen molar-refractivity contribution in [1.82, 2.24) is 4.90 Å². The van der Waals surface area contributed by atoms with Crippen molar-refractivity contribution in [3.63, 3.8) is 0 Å². The first kappa shape index (κ1) is 15.6. The molecule has 0 saturated carbocycles. The Hall–Kier alpha value is -1.27. The van der Waals surface area contributed by atoms with Gasteiger partial charge in [-0.1, -0.05) is 23.4 Å². The summed E-state index contributed by atoms with van der Waals surface area (Å²) in [7, 11) is 0. The number of hydrogen-bond donors (Lipinski definition) is 0. The Morgan fingerprint density at radius 3 is 2.91 bits per heavy atom. The molecule has 22 heavy (non-hydrogen) atoms. The van der Waals surface area contributed by atoms with Crippen molar-refractivity contribution in [2.45, 2.75) is 19.3 Å². The van der Waals surface area contributed by atoms with Gasteiger partial charge in [0.2, 0.25) is 5.91 Å². The van der Waals surface area contributed by atoms with Gasteiger partial charge in [0.25, 0.3) is 5.24 Å². The van der Waals surface area contributed by atoms with Gasteiger partial charge < -0.3 is 9.80 Å². The molecule has 4 nitrogen and oxygen atoms in total. The zero-order valence-corrected chi connectivity index (χ0v) is 13.6. The highest BCUT2D eigenvalue weighted by molar-refractivity contribution is 8.13. The van der Waals surface area contributed by atoms with Crippen LogP contribution in [0.4, 0.5) is 14.9 Å². The quantitative estimate of drug-likeness (QED) is 0.846. The van der Waals surface area contributed by atoms with Gasteiger partial charge >= 0.3 is 0 Å². The van der Waals surface area contributed by atoms with Crippen molar-refractivity contribution in [3.05, 3.63) is 28.5 Å². The summed E-state index contributed by atoms with van der Waals surface area (Å²) in [5.41, 5.74) is 1.01. The average molecular weight is 343 g/mol. The molecule has 1 fully saturated rings. The van der Waals surface area contributed by atoms with Gasteiger partial charge in [-0.3, -0.25) is 9.59 Å². The van der Waals surface area contributed by atoms with E-state index in [4.69, 9.17) is 11.6 Å². The highest BCUT2D eigenvalue weighted by Gasteiger charge is 2.28. The molecule has 7 heteroatoms. The molecule has 1 aromatic carbocycles. The smallest absolute Gasteiger partial charge is 0.281 e. The average Bonchev–Trinajstić information content (AvgIpc) is 2.93. The summed E-state index contributed by atoms with van der Waals surface area (Å²) >= 11 is 7.39. The van der Waals surface area contributed by atoms with Crippen LogP contribution in [0.15, 0.2) is 12.1 Å². The number of benzene rings is 1. The highest BCUT2D eigenvalue weighted by atomic mass is 35.5. The van der Waals surface area contributed by atoms with Gasteiger partial charge in [-0.25, -0.2) is 4.39 Å². The predicted octanol–water partition coefficient (Wildman–Crippen LogP) is 3.32. The number of rotatable bonds is 3. The fourth-order valence-corrected chi connectivity index (χ4v) is 3.98. The molecule has 1 saturated heterocycles. The number of amides is 2. The summed E-state index contributed by atoms with van der Waals surface area (Å²) < 4.78 is 14.1. The molecule has 3 rings (SSSR count). The van der Waals surface area contributed by atoms with E-state index in [-0.39, 0.29) is 17.6 Å². The monoisotopic (exact) mass is 342 g/mol. The van der Waals surface area contributed by atoms with Crippen molar-refractivity contribution in [3.8, 4) is 0 Å². The maximum atomic E-state index is 14.1. The van der Waals surface area contributed by atoms with E-state index in [9.17, 15) is 14.0 Å². The summed E-state index contributed by atoms with van der Waals surface area (Å²) in [5.74, 6) is 0.191. The van der Waals surface area contributed by atoms with Crippen LogP contribution in [0.1, 0.15) is 18.4 Å². The molecule has 0 spiro atoms. The van der Waals surface area contributed by atoms with Gasteiger partial charge in [-0.15, -0.1) is 0 Å². The predicted molar refractivity (Wildman–Crippen MR) is 86.1 cm³/mol. The van der Waals surface area contributed by atoms with Crippen LogP contribution in [0, 0.1) is 5.82 Å². The second-order valence-electron chi connectivity index (χ2n) is 5.36. The molecular formula is C15H16ClFN2O2S. The minimum Gasteiger partial charge on any atom is -0.332 e. The van der Waals surface area contributed by atoms with E-state index in [0.717, 1.165) is 12.2 Å². The third kappa shape index (κ3) is 2.94. The van der Waals surface area contributed by atoms with Crippen molar-refractivity contribution in [1.29, 1.82) is 0 Å². The lowest BCUT2D eigenvalue weighted by molar-refractivity contribution is -0.118. The van der Waals surface area contributed by atoms with Crippen LogP contribution in [-0.2, 0) is 11.2 Å². The van der Waals surface area contributed by atoms with E-state index < -0.39 is 5.82 Å². The lowest BCUT2D eigenvalue weighted by Crippen LogP contribution is -2.38. The van der Waals surface area contributed by atoms with E-state index >= 15 is 0 Å². The number of thioether (sulfide) groups is 1. The van der Waals surface area contributed by atoms with E-state index in [1.54, 1.807) is 4.90 Å². The molecule has 1 aromatic rings. The molecule has 118 valence electrons. The summed E-state index contributed by atoms with van der Waals surface area (Å²) in [6, 6.07) is 2.83. The molecular weight excluding hydrogens is 327 g/mol. The van der Waals surface area contributed by atoms with Crippen molar-refractivity contribution in [2.75, 3.05) is 30.3 Å². The zero-order chi connectivity index (χ0) is 15.7. The zero-order valence-electron chi connectivity index (χ0n) is 12.0. The standard InChI is InChI=1S/C15H16ClFN2O2S/c16-11-3-4-12(17)14-10(11)2-1-6-19(14)13(20)5-7-18-8-9-22-15(18)21/h3-4H,1-2,5-9H2. The Balaban J connectivity index is 1.75. The number of anilines is 1. The van der Waals surface area contributed by atoms with Crippen LogP contribution in [0.5, 0.6) is 0 Å². The van der Waals surface area contributed by atoms with E-state index in [2.05, 4.69) is 0 Å².